The van der Waals surface area contributed by atoms with E-state index in [1.54, 1.807) is 0 Å². The van der Waals surface area contributed by atoms with Gasteiger partial charge in [-0.1, -0.05) is 0 Å². The highest BCUT2D eigenvalue weighted by molar-refractivity contribution is 7.92. The fourth-order valence-corrected chi connectivity index (χ4v) is 2.81. The van der Waals surface area contributed by atoms with Gasteiger partial charge >= 0.3 is 0 Å². The molecule has 0 aliphatic carbocycles. The van der Waals surface area contributed by atoms with Gasteiger partial charge in [-0.3, -0.25) is 4.98 Å². The van der Waals surface area contributed by atoms with Crippen molar-refractivity contribution in [3.63, 3.8) is 0 Å². The first-order valence-corrected chi connectivity index (χ1v) is 6.94. The van der Waals surface area contributed by atoms with Crippen molar-refractivity contribution in [1.29, 1.82) is 0 Å². The van der Waals surface area contributed by atoms with Crippen LogP contribution in [0.25, 0.3) is 10.6 Å². The summed E-state index contributed by atoms with van der Waals surface area (Å²) in [5.74, 6) is -0.478. The third-order valence-corrected chi connectivity index (χ3v) is 4.64. The fourth-order valence-electron chi connectivity index (χ4n) is 1.09. The molecular formula is C9H7FN2O2S2. The number of rotatable bonds is 2. The molecule has 16 heavy (non-hydrogen) atoms. The van der Waals surface area contributed by atoms with E-state index in [4.69, 9.17) is 0 Å². The van der Waals surface area contributed by atoms with Crippen LogP contribution in [-0.4, -0.2) is 24.6 Å². The third-order valence-electron chi connectivity index (χ3n) is 1.80. The van der Waals surface area contributed by atoms with Gasteiger partial charge in [0.25, 0.3) is 0 Å². The quantitative estimate of drug-likeness (QED) is 0.823. The molecule has 0 atom stereocenters. The molecule has 0 aromatic carbocycles. The van der Waals surface area contributed by atoms with Crippen LogP contribution in [0.15, 0.2) is 28.9 Å². The molecule has 7 heteroatoms. The lowest BCUT2D eigenvalue weighted by Crippen LogP contribution is -1.91. The molecule has 0 unspecified atom stereocenters. The van der Waals surface area contributed by atoms with Crippen molar-refractivity contribution in [2.45, 2.75) is 4.21 Å². The van der Waals surface area contributed by atoms with E-state index in [2.05, 4.69) is 9.97 Å². The smallest absolute Gasteiger partial charge is 0.186 e. The summed E-state index contributed by atoms with van der Waals surface area (Å²) in [6.45, 7) is 0. The van der Waals surface area contributed by atoms with Crippen molar-refractivity contribution >= 4 is 21.2 Å². The summed E-state index contributed by atoms with van der Waals surface area (Å²) in [6.07, 6.45) is 4.89. The summed E-state index contributed by atoms with van der Waals surface area (Å²) in [4.78, 5) is 7.60. The van der Waals surface area contributed by atoms with Crippen molar-refractivity contribution in [1.82, 2.24) is 9.97 Å². The van der Waals surface area contributed by atoms with E-state index in [0.717, 1.165) is 23.8 Å². The molecule has 0 saturated carbocycles. The normalized spacial score (nSPS) is 11.6. The summed E-state index contributed by atoms with van der Waals surface area (Å²) in [5.41, 5.74) is 0.472. The third kappa shape index (κ3) is 2.25. The topological polar surface area (TPSA) is 59.9 Å². The second kappa shape index (κ2) is 3.91. The van der Waals surface area contributed by atoms with E-state index in [0.29, 0.717) is 10.6 Å². The molecule has 2 aromatic rings. The number of pyridine rings is 1. The summed E-state index contributed by atoms with van der Waals surface area (Å²) in [5, 5.41) is 0.437. The molecule has 0 spiro atoms. The van der Waals surface area contributed by atoms with Crippen LogP contribution in [-0.2, 0) is 9.84 Å². The largest absolute Gasteiger partial charge is 0.261 e. The lowest BCUT2D eigenvalue weighted by molar-refractivity contribution is 0.603. The SMILES string of the molecule is CS(=O)(=O)c1cnc(-c2cncc(F)c2)s1. The van der Waals surface area contributed by atoms with Gasteiger partial charge in [0.05, 0.1) is 12.4 Å². The van der Waals surface area contributed by atoms with Crippen LogP contribution in [0.1, 0.15) is 0 Å². The molecule has 0 fully saturated rings. The van der Waals surface area contributed by atoms with Crippen LogP contribution in [0.5, 0.6) is 0 Å². The average Bonchev–Trinajstić information content (AvgIpc) is 2.65. The zero-order chi connectivity index (χ0) is 11.8. The van der Waals surface area contributed by atoms with Gasteiger partial charge in [0.15, 0.2) is 9.84 Å². The molecule has 2 heterocycles. The number of halogens is 1. The summed E-state index contributed by atoms with van der Waals surface area (Å²) in [6, 6.07) is 1.26. The molecule has 4 nitrogen and oxygen atoms in total. The van der Waals surface area contributed by atoms with E-state index < -0.39 is 15.7 Å². The van der Waals surface area contributed by atoms with Gasteiger partial charge in [-0.2, -0.15) is 0 Å². The van der Waals surface area contributed by atoms with Crippen molar-refractivity contribution in [2.75, 3.05) is 6.26 Å². The summed E-state index contributed by atoms with van der Waals surface area (Å²) < 4.78 is 35.5. The molecule has 0 bridgehead atoms. The minimum Gasteiger partial charge on any atom is -0.261 e. The van der Waals surface area contributed by atoms with Gasteiger partial charge in [-0.05, 0) is 6.07 Å². The molecule has 0 radical (unpaired) electrons. The highest BCUT2D eigenvalue weighted by Gasteiger charge is 2.13. The summed E-state index contributed by atoms with van der Waals surface area (Å²) >= 11 is 0.996. The number of sulfone groups is 1. The first kappa shape index (κ1) is 11.2. The second-order valence-corrected chi connectivity index (χ2v) is 6.42. The van der Waals surface area contributed by atoms with Crippen molar-refractivity contribution in [2.24, 2.45) is 0 Å². The predicted molar refractivity (Wildman–Crippen MR) is 58.4 cm³/mol. The van der Waals surface area contributed by atoms with Crippen molar-refractivity contribution in [3.05, 3.63) is 30.5 Å². The van der Waals surface area contributed by atoms with Gasteiger partial charge < -0.3 is 0 Å². The summed E-state index contributed by atoms with van der Waals surface area (Å²) in [7, 11) is -3.26. The van der Waals surface area contributed by atoms with Crippen LogP contribution >= 0.6 is 11.3 Å². The molecule has 0 saturated heterocycles. The monoisotopic (exact) mass is 258 g/mol. The van der Waals surface area contributed by atoms with Crippen LogP contribution in [0, 0.1) is 5.82 Å². The Morgan fingerprint density at radius 2 is 2.06 bits per heavy atom. The minimum absolute atomic E-state index is 0.159. The fraction of sp³-hybridized carbons (Fsp3) is 0.111. The van der Waals surface area contributed by atoms with E-state index in [-0.39, 0.29) is 4.21 Å². The Balaban J connectivity index is 2.47. The van der Waals surface area contributed by atoms with E-state index in [1.165, 1.54) is 18.5 Å². The molecule has 84 valence electrons. The second-order valence-electron chi connectivity index (χ2n) is 3.15. The van der Waals surface area contributed by atoms with Crippen LogP contribution in [0.2, 0.25) is 0 Å². The highest BCUT2D eigenvalue weighted by Crippen LogP contribution is 2.27. The Kier molecular flexibility index (Phi) is 2.73. The highest BCUT2D eigenvalue weighted by atomic mass is 32.2. The van der Waals surface area contributed by atoms with Gasteiger partial charge in [-0.15, -0.1) is 11.3 Å². The molecule has 0 aliphatic heterocycles. The Morgan fingerprint density at radius 1 is 1.31 bits per heavy atom. The first-order valence-electron chi connectivity index (χ1n) is 4.23. The van der Waals surface area contributed by atoms with Gasteiger partial charge in [0.1, 0.15) is 15.0 Å². The maximum atomic E-state index is 12.9. The Bertz CT molecular complexity index is 622. The van der Waals surface area contributed by atoms with Gasteiger partial charge in [0.2, 0.25) is 0 Å². The molecular weight excluding hydrogens is 251 g/mol. The van der Waals surface area contributed by atoms with Crippen LogP contribution < -0.4 is 0 Å². The zero-order valence-electron chi connectivity index (χ0n) is 8.21. The molecule has 0 N–H and O–H groups in total. The maximum Gasteiger partial charge on any atom is 0.186 e. The lowest BCUT2D eigenvalue weighted by Gasteiger charge is -1.94. The number of hydrogen-bond donors (Lipinski definition) is 0. The average molecular weight is 258 g/mol. The molecule has 2 aromatic heterocycles. The number of hydrogen-bond acceptors (Lipinski definition) is 5. The Morgan fingerprint density at radius 3 is 2.62 bits per heavy atom. The van der Waals surface area contributed by atoms with Crippen LogP contribution in [0.3, 0.4) is 0 Å². The van der Waals surface area contributed by atoms with Gasteiger partial charge in [0, 0.05) is 18.0 Å². The maximum absolute atomic E-state index is 12.9. The first-order chi connectivity index (χ1) is 7.47. The van der Waals surface area contributed by atoms with E-state index in [9.17, 15) is 12.8 Å². The van der Waals surface area contributed by atoms with E-state index >= 15 is 0 Å². The van der Waals surface area contributed by atoms with Crippen molar-refractivity contribution in [3.8, 4) is 10.6 Å². The van der Waals surface area contributed by atoms with Crippen LogP contribution in [0.4, 0.5) is 4.39 Å². The predicted octanol–water partition coefficient (Wildman–Crippen LogP) is 1.75. The number of thiazole rings is 1. The molecule has 0 aliphatic rings. The van der Waals surface area contributed by atoms with Crippen molar-refractivity contribution < 1.29 is 12.8 Å². The standard InChI is InChI=1S/C9H7FN2O2S2/c1-16(13,14)8-5-12-9(15-8)6-2-7(10)4-11-3-6/h2-5H,1H3. The van der Waals surface area contributed by atoms with E-state index in [1.807, 2.05) is 0 Å². The minimum atomic E-state index is -3.26. The van der Waals surface area contributed by atoms with Gasteiger partial charge in [-0.25, -0.2) is 17.8 Å². The number of nitrogens with zero attached hydrogens (tertiary/aromatic N) is 2. The zero-order valence-corrected chi connectivity index (χ0v) is 9.85. The number of aromatic nitrogens is 2. The lowest BCUT2D eigenvalue weighted by atomic mass is 10.3. The molecule has 2 rings (SSSR count). The molecule has 0 amide bonds. The Labute approximate surface area is 95.7 Å². The Hall–Kier alpha value is -1.34.